The van der Waals surface area contributed by atoms with Crippen molar-refractivity contribution in [3.63, 3.8) is 0 Å². The van der Waals surface area contributed by atoms with Crippen LogP contribution in [0.3, 0.4) is 0 Å². The van der Waals surface area contributed by atoms with Gasteiger partial charge in [0.25, 0.3) is 0 Å². The van der Waals surface area contributed by atoms with E-state index in [1.54, 1.807) is 7.11 Å². The van der Waals surface area contributed by atoms with Crippen molar-refractivity contribution < 1.29 is 14.2 Å². The predicted molar refractivity (Wildman–Crippen MR) is 81.0 cm³/mol. The number of ether oxygens (including phenoxy) is 3. The highest BCUT2D eigenvalue weighted by Gasteiger charge is 2.05. The number of nitrogens with two attached hydrogens (primary N) is 1. The van der Waals surface area contributed by atoms with Gasteiger partial charge in [-0.15, -0.1) is 0 Å². The van der Waals surface area contributed by atoms with Crippen LogP contribution in [0.2, 0.25) is 0 Å². The van der Waals surface area contributed by atoms with Crippen LogP contribution in [0.25, 0.3) is 0 Å². The molecule has 114 valence electrons. The molecule has 0 aromatic heterocycles. The monoisotopic (exact) mass is 281 g/mol. The quantitative estimate of drug-likeness (QED) is 0.630. The summed E-state index contributed by atoms with van der Waals surface area (Å²) < 4.78 is 15.7. The molecule has 1 atom stereocenters. The number of hydrogen-bond donors (Lipinski definition) is 1. The Balaban J connectivity index is 2.03. The van der Waals surface area contributed by atoms with Crippen LogP contribution < -0.4 is 5.73 Å². The molecule has 1 rings (SSSR count). The van der Waals surface area contributed by atoms with Gasteiger partial charge in [-0.2, -0.15) is 0 Å². The van der Waals surface area contributed by atoms with Crippen LogP contribution in [0.15, 0.2) is 24.3 Å². The smallest absolute Gasteiger partial charge is 0.0701 e. The number of methoxy groups -OCH3 is 1. The summed E-state index contributed by atoms with van der Waals surface area (Å²) in [5.74, 6) is 0. The largest absolute Gasteiger partial charge is 0.382 e. The van der Waals surface area contributed by atoms with Gasteiger partial charge in [-0.05, 0) is 30.9 Å². The zero-order valence-electron chi connectivity index (χ0n) is 12.6. The molecule has 0 amide bonds. The van der Waals surface area contributed by atoms with Gasteiger partial charge >= 0.3 is 0 Å². The molecule has 4 heteroatoms. The first-order valence-electron chi connectivity index (χ1n) is 7.18. The molecule has 0 fully saturated rings. The number of rotatable bonds is 11. The van der Waals surface area contributed by atoms with Crippen LogP contribution in [0.5, 0.6) is 0 Å². The van der Waals surface area contributed by atoms with E-state index in [9.17, 15) is 0 Å². The Kier molecular flexibility index (Phi) is 9.24. The van der Waals surface area contributed by atoms with Crippen molar-refractivity contribution in [2.24, 2.45) is 5.73 Å². The van der Waals surface area contributed by atoms with Gasteiger partial charge < -0.3 is 19.9 Å². The molecular formula is C16H27NO3. The van der Waals surface area contributed by atoms with E-state index in [4.69, 9.17) is 19.9 Å². The molecule has 0 saturated heterocycles. The number of benzene rings is 1. The van der Waals surface area contributed by atoms with E-state index in [-0.39, 0.29) is 6.04 Å². The third-order valence-electron chi connectivity index (χ3n) is 3.18. The molecule has 0 saturated carbocycles. The molecular weight excluding hydrogens is 254 g/mol. The van der Waals surface area contributed by atoms with Gasteiger partial charge in [0.2, 0.25) is 0 Å². The summed E-state index contributed by atoms with van der Waals surface area (Å²) >= 11 is 0. The fourth-order valence-corrected chi connectivity index (χ4v) is 1.92. The number of hydrogen-bond acceptors (Lipinski definition) is 4. The highest BCUT2D eigenvalue weighted by molar-refractivity contribution is 5.26. The van der Waals surface area contributed by atoms with Gasteiger partial charge in [0.1, 0.15) is 0 Å². The SMILES string of the molecule is COCCOCCOCCC(N)Cc1ccccc1C. The first kappa shape index (κ1) is 17.1. The molecule has 0 radical (unpaired) electrons. The maximum absolute atomic E-state index is 6.13. The summed E-state index contributed by atoms with van der Waals surface area (Å²) in [6, 6.07) is 8.51. The van der Waals surface area contributed by atoms with Gasteiger partial charge in [0, 0.05) is 19.8 Å². The van der Waals surface area contributed by atoms with Crippen molar-refractivity contribution >= 4 is 0 Å². The summed E-state index contributed by atoms with van der Waals surface area (Å²) in [6.45, 7) is 5.27. The molecule has 2 N–H and O–H groups in total. The van der Waals surface area contributed by atoms with Crippen molar-refractivity contribution in [2.45, 2.75) is 25.8 Å². The van der Waals surface area contributed by atoms with Crippen LogP contribution in [0.4, 0.5) is 0 Å². The Bertz CT molecular complexity index is 357. The summed E-state index contributed by atoms with van der Waals surface area (Å²) in [6.07, 6.45) is 1.77. The topological polar surface area (TPSA) is 53.7 Å². The van der Waals surface area contributed by atoms with Gasteiger partial charge in [-0.25, -0.2) is 0 Å². The first-order valence-corrected chi connectivity index (χ1v) is 7.18. The maximum Gasteiger partial charge on any atom is 0.0701 e. The van der Waals surface area contributed by atoms with Gasteiger partial charge in [-0.1, -0.05) is 24.3 Å². The molecule has 0 bridgehead atoms. The lowest BCUT2D eigenvalue weighted by molar-refractivity contribution is 0.0234. The maximum atomic E-state index is 6.13. The lowest BCUT2D eigenvalue weighted by Crippen LogP contribution is -2.25. The van der Waals surface area contributed by atoms with E-state index in [2.05, 4.69) is 31.2 Å². The average molecular weight is 281 g/mol. The van der Waals surface area contributed by atoms with Crippen molar-refractivity contribution in [2.75, 3.05) is 40.1 Å². The zero-order valence-corrected chi connectivity index (χ0v) is 12.6. The van der Waals surface area contributed by atoms with Gasteiger partial charge in [0.05, 0.1) is 26.4 Å². The molecule has 1 aromatic rings. The second kappa shape index (κ2) is 10.8. The molecule has 1 unspecified atom stereocenters. The normalized spacial score (nSPS) is 12.6. The van der Waals surface area contributed by atoms with Crippen molar-refractivity contribution in [1.82, 2.24) is 0 Å². The second-order valence-corrected chi connectivity index (χ2v) is 4.90. The van der Waals surface area contributed by atoms with Crippen molar-refractivity contribution in [1.29, 1.82) is 0 Å². The zero-order chi connectivity index (χ0) is 14.6. The van der Waals surface area contributed by atoms with Crippen molar-refractivity contribution in [3.8, 4) is 0 Å². The minimum absolute atomic E-state index is 0.144. The second-order valence-electron chi connectivity index (χ2n) is 4.90. The minimum atomic E-state index is 0.144. The van der Waals surface area contributed by atoms with Crippen LogP contribution in [0.1, 0.15) is 17.5 Å². The highest BCUT2D eigenvalue weighted by atomic mass is 16.5. The standard InChI is InChI=1S/C16H27NO3/c1-14-5-3-4-6-15(14)13-16(17)7-8-19-11-12-20-10-9-18-2/h3-6,16H,7-13,17H2,1-2H3. The first-order chi connectivity index (χ1) is 9.74. The third kappa shape index (κ3) is 7.60. The molecule has 20 heavy (non-hydrogen) atoms. The molecule has 4 nitrogen and oxygen atoms in total. The summed E-state index contributed by atoms with van der Waals surface area (Å²) in [7, 11) is 1.66. The van der Waals surface area contributed by atoms with Crippen LogP contribution in [-0.4, -0.2) is 46.2 Å². The molecule has 0 aliphatic heterocycles. The summed E-state index contributed by atoms with van der Waals surface area (Å²) in [4.78, 5) is 0. The predicted octanol–water partition coefficient (Wildman–Crippen LogP) is 1.93. The van der Waals surface area contributed by atoms with E-state index in [0.717, 1.165) is 12.8 Å². The Hall–Kier alpha value is -0.940. The van der Waals surface area contributed by atoms with Gasteiger partial charge in [-0.3, -0.25) is 0 Å². The van der Waals surface area contributed by atoms with Crippen LogP contribution >= 0.6 is 0 Å². The van der Waals surface area contributed by atoms with E-state index in [1.165, 1.54) is 11.1 Å². The lowest BCUT2D eigenvalue weighted by atomic mass is 10.0. The molecule has 0 aliphatic rings. The fraction of sp³-hybridized carbons (Fsp3) is 0.625. The van der Waals surface area contributed by atoms with Gasteiger partial charge in [0.15, 0.2) is 0 Å². The highest BCUT2D eigenvalue weighted by Crippen LogP contribution is 2.10. The van der Waals surface area contributed by atoms with E-state index >= 15 is 0 Å². The molecule has 0 spiro atoms. The lowest BCUT2D eigenvalue weighted by Gasteiger charge is -2.13. The molecule has 1 aromatic carbocycles. The van der Waals surface area contributed by atoms with Crippen molar-refractivity contribution in [3.05, 3.63) is 35.4 Å². The minimum Gasteiger partial charge on any atom is -0.382 e. The van der Waals surface area contributed by atoms with E-state index in [0.29, 0.717) is 33.0 Å². The number of aryl methyl sites for hydroxylation is 1. The van der Waals surface area contributed by atoms with Crippen LogP contribution in [-0.2, 0) is 20.6 Å². The van der Waals surface area contributed by atoms with Crippen LogP contribution in [0, 0.1) is 6.92 Å². The van der Waals surface area contributed by atoms with E-state index in [1.807, 2.05) is 0 Å². The summed E-state index contributed by atoms with van der Waals surface area (Å²) in [5, 5.41) is 0. The van der Waals surface area contributed by atoms with E-state index < -0.39 is 0 Å². The fourth-order valence-electron chi connectivity index (χ4n) is 1.92. The average Bonchev–Trinajstić information content (AvgIpc) is 2.44. The molecule has 0 heterocycles. The molecule has 0 aliphatic carbocycles. The Morgan fingerprint density at radius 1 is 1.00 bits per heavy atom. The third-order valence-corrected chi connectivity index (χ3v) is 3.18. The Labute approximate surface area is 122 Å². The Morgan fingerprint density at radius 2 is 1.65 bits per heavy atom. The Morgan fingerprint density at radius 3 is 2.35 bits per heavy atom. The summed E-state index contributed by atoms with van der Waals surface area (Å²) in [5.41, 5.74) is 8.75.